The SMILES string of the molecule is CC(CN(F)F)(C(=O)OCC(CN(F)F)N(F)F)N(F)F. The zero-order valence-electron chi connectivity index (χ0n) is 10.3. The summed E-state index contributed by atoms with van der Waals surface area (Å²) in [6.07, 6.45) is 0. The van der Waals surface area contributed by atoms with Gasteiger partial charge in [0.1, 0.15) is 12.6 Å². The Morgan fingerprint density at radius 3 is 1.90 bits per heavy atom. The van der Waals surface area contributed by atoms with Gasteiger partial charge in [0.2, 0.25) is 0 Å². The van der Waals surface area contributed by atoms with Crippen LogP contribution in [0, 0.1) is 0 Å². The Kier molecular flexibility index (Phi) is 7.76. The molecule has 0 aromatic heterocycles. The smallest absolute Gasteiger partial charge is 0.333 e. The summed E-state index contributed by atoms with van der Waals surface area (Å²) >= 11 is 0. The Morgan fingerprint density at radius 2 is 1.57 bits per heavy atom. The summed E-state index contributed by atoms with van der Waals surface area (Å²) in [4.78, 5) is 11.3. The predicted octanol–water partition coefficient (Wildman–Crippen LogP) is 1.94. The number of esters is 1. The van der Waals surface area contributed by atoms with Crippen LogP contribution < -0.4 is 0 Å². The zero-order valence-corrected chi connectivity index (χ0v) is 10.3. The second-order valence-corrected chi connectivity index (χ2v) is 3.96. The van der Waals surface area contributed by atoms with Crippen LogP contribution in [0.5, 0.6) is 0 Å². The third kappa shape index (κ3) is 6.36. The second kappa shape index (κ2) is 8.26. The molecule has 2 unspecified atom stereocenters. The number of hydrogen-bond acceptors (Lipinski definition) is 6. The molecule has 0 bridgehead atoms. The monoisotopic (exact) mass is 334 g/mol. The van der Waals surface area contributed by atoms with Gasteiger partial charge in [0.25, 0.3) is 0 Å². The minimum absolute atomic E-state index is 0.357. The van der Waals surface area contributed by atoms with E-state index in [4.69, 9.17) is 0 Å². The van der Waals surface area contributed by atoms with Gasteiger partial charge in [-0.15, -0.1) is 35.9 Å². The molecule has 0 fully saturated rings. The van der Waals surface area contributed by atoms with E-state index in [1.807, 2.05) is 0 Å². The van der Waals surface area contributed by atoms with Crippen LogP contribution in [-0.4, -0.2) is 58.6 Å². The van der Waals surface area contributed by atoms with Crippen LogP contribution in [0.15, 0.2) is 0 Å². The zero-order chi connectivity index (χ0) is 16.8. The molecule has 6 nitrogen and oxygen atoms in total. The van der Waals surface area contributed by atoms with Crippen molar-refractivity contribution in [3.05, 3.63) is 0 Å². The number of ether oxygens (including phenoxy) is 1. The first kappa shape index (κ1) is 19.8. The predicted molar refractivity (Wildman–Crippen MR) is 49.1 cm³/mol. The highest BCUT2D eigenvalue weighted by atomic mass is 19.4. The van der Waals surface area contributed by atoms with Crippen molar-refractivity contribution in [2.75, 3.05) is 19.7 Å². The molecule has 21 heavy (non-hydrogen) atoms. The number of rotatable bonds is 9. The minimum Gasteiger partial charge on any atom is -0.462 e. The lowest BCUT2D eigenvalue weighted by Gasteiger charge is -2.27. The van der Waals surface area contributed by atoms with E-state index >= 15 is 0 Å². The van der Waals surface area contributed by atoms with E-state index in [-0.39, 0.29) is 0 Å². The van der Waals surface area contributed by atoms with E-state index < -0.39 is 58.6 Å². The number of carbonyl (C=O) groups excluding carboxylic acids is 1. The molecule has 0 saturated heterocycles. The van der Waals surface area contributed by atoms with Gasteiger partial charge < -0.3 is 4.74 Å². The average molecular weight is 334 g/mol. The third-order valence-corrected chi connectivity index (χ3v) is 2.27. The molecule has 0 aliphatic heterocycles. The van der Waals surface area contributed by atoms with Crippen molar-refractivity contribution >= 4 is 5.97 Å². The van der Waals surface area contributed by atoms with Gasteiger partial charge >= 0.3 is 5.97 Å². The van der Waals surface area contributed by atoms with E-state index in [0.717, 1.165) is 0 Å². The van der Waals surface area contributed by atoms with Crippen LogP contribution >= 0.6 is 0 Å². The molecule has 0 saturated carbocycles. The maximum absolute atomic E-state index is 12.5. The van der Waals surface area contributed by atoms with Gasteiger partial charge in [0, 0.05) is 21.4 Å². The van der Waals surface area contributed by atoms with Gasteiger partial charge in [-0.3, -0.25) is 0 Å². The molecule has 0 aromatic carbocycles. The maximum atomic E-state index is 12.5. The lowest BCUT2D eigenvalue weighted by Crippen LogP contribution is -2.52. The molecule has 0 N–H and O–H groups in total. The Hall–Kier alpha value is -1.25. The molecule has 0 radical (unpaired) electrons. The van der Waals surface area contributed by atoms with Gasteiger partial charge in [0.15, 0.2) is 5.54 Å². The second-order valence-electron chi connectivity index (χ2n) is 3.96. The Morgan fingerprint density at radius 1 is 1.05 bits per heavy atom. The molecule has 0 aliphatic carbocycles. The first-order valence-corrected chi connectivity index (χ1v) is 5.08. The normalized spacial score (nSPS) is 16.6. The van der Waals surface area contributed by atoms with Gasteiger partial charge in [-0.05, 0) is 6.92 Å². The molecule has 126 valence electrons. The Bertz CT molecular complexity index is 334. The van der Waals surface area contributed by atoms with Crippen LogP contribution in [0.4, 0.5) is 35.9 Å². The number of hydrogen-bond donors (Lipinski definition) is 0. The van der Waals surface area contributed by atoms with Crippen LogP contribution in [0.1, 0.15) is 6.92 Å². The van der Waals surface area contributed by atoms with E-state index in [0.29, 0.717) is 6.92 Å². The fraction of sp³-hybridized carbons (Fsp3) is 0.857. The number of halogens is 8. The summed E-state index contributed by atoms with van der Waals surface area (Å²) in [6, 6.07) is -2.33. The van der Waals surface area contributed by atoms with E-state index in [1.165, 1.54) is 0 Å². The van der Waals surface area contributed by atoms with E-state index in [1.54, 1.807) is 0 Å². The fourth-order valence-corrected chi connectivity index (χ4v) is 1.08. The summed E-state index contributed by atoms with van der Waals surface area (Å²) in [5, 5.41) is -7.01. The lowest BCUT2D eigenvalue weighted by molar-refractivity contribution is -0.270. The standard InChI is InChI=1S/C7H10F8N4O2/c1-7(19(14)15,4-17(10)11)6(20)21-3-5(18(12)13)2-16(8)9/h5H,2-4H2,1H3. The van der Waals surface area contributed by atoms with Crippen molar-refractivity contribution in [3.8, 4) is 0 Å². The van der Waals surface area contributed by atoms with Crippen molar-refractivity contribution in [1.82, 2.24) is 21.4 Å². The molecular formula is C7H10F8N4O2. The fourth-order valence-electron chi connectivity index (χ4n) is 1.08. The highest BCUT2D eigenvalue weighted by molar-refractivity contribution is 5.80. The summed E-state index contributed by atoms with van der Waals surface area (Å²) < 4.78 is 101. The maximum Gasteiger partial charge on any atom is 0.333 e. The topological polar surface area (TPSA) is 39.3 Å². The van der Waals surface area contributed by atoms with E-state index in [9.17, 15) is 40.6 Å². The summed E-state index contributed by atoms with van der Waals surface area (Å²) in [7, 11) is 0. The van der Waals surface area contributed by atoms with Crippen LogP contribution in [-0.2, 0) is 9.53 Å². The van der Waals surface area contributed by atoms with Crippen LogP contribution in [0.25, 0.3) is 0 Å². The summed E-state index contributed by atoms with van der Waals surface area (Å²) in [6.45, 7) is -4.41. The van der Waals surface area contributed by atoms with Crippen molar-refractivity contribution in [2.24, 2.45) is 0 Å². The summed E-state index contributed by atoms with van der Waals surface area (Å²) in [5.74, 6) is -1.98. The highest BCUT2D eigenvalue weighted by Gasteiger charge is 2.46. The summed E-state index contributed by atoms with van der Waals surface area (Å²) in [5.41, 5.74) is -3.16. The Balaban J connectivity index is 4.75. The van der Waals surface area contributed by atoms with Gasteiger partial charge in [-0.2, -0.15) is 0 Å². The van der Waals surface area contributed by atoms with Gasteiger partial charge in [-0.1, -0.05) is 0 Å². The van der Waals surface area contributed by atoms with E-state index in [2.05, 4.69) is 4.74 Å². The number of nitrogens with zero attached hydrogens (tertiary/aromatic N) is 4. The molecule has 0 aromatic rings. The Labute approximate surface area is 112 Å². The van der Waals surface area contributed by atoms with Crippen LogP contribution in [0.2, 0.25) is 0 Å². The molecule has 0 aliphatic rings. The lowest BCUT2D eigenvalue weighted by atomic mass is 10.0. The van der Waals surface area contributed by atoms with Crippen molar-refractivity contribution < 1.29 is 45.4 Å². The van der Waals surface area contributed by atoms with Gasteiger partial charge in [-0.25, -0.2) is 4.79 Å². The molecule has 14 heteroatoms. The third-order valence-electron chi connectivity index (χ3n) is 2.27. The largest absolute Gasteiger partial charge is 0.462 e. The average Bonchev–Trinajstić information content (AvgIpc) is 2.31. The molecule has 0 amide bonds. The molecule has 0 spiro atoms. The first-order valence-electron chi connectivity index (χ1n) is 5.08. The van der Waals surface area contributed by atoms with Gasteiger partial charge in [0.05, 0.1) is 13.1 Å². The molecule has 0 rings (SSSR count). The first-order chi connectivity index (χ1) is 9.50. The number of carbonyl (C=O) groups is 1. The quantitative estimate of drug-likeness (QED) is 0.365. The molecule has 2 atom stereocenters. The van der Waals surface area contributed by atoms with Crippen molar-refractivity contribution in [3.63, 3.8) is 0 Å². The van der Waals surface area contributed by atoms with Crippen molar-refractivity contribution in [1.29, 1.82) is 0 Å². The molecular weight excluding hydrogens is 324 g/mol. The molecule has 0 heterocycles. The van der Waals surface area contributed by atoms with Crippen LogP contribution in [0.3, 0.4) is 0 Å². The van der Waals surface area contributed by atoms with Crippen molar-refractivity contribution in [2.45, 2.75) is 18.5 Å². The minimum atomic E-state index is -3.16. The highest BCUT2D eigenvalue weighted by Crippen LogP contribution is 2.21.